The van der Waals surface area contributed by atoms with E-state index in [2.05, 4.69) is 26.0 Å². The Kier molecular flexibility index (Phi) is 3.47. The molecular formula is C12H12BrN3O2. The van der Waals surface area contributed by atoms with Gasteiger partial charge in [0.25, 0.3) is 0 Å². The van der Waals surface area contributed by atoms with Gasteiger partial charge in [-0.15, -0.1) is 0 Å². The first-order valence-corrected chi connectivity index (χ1v) is 6.22. The van der Waals surface area contributed by atoms with Crippen molar-refractivity contribution in [3.63, 3.8) is 0 Å². The molecule has 0 bridgehead atoms. The number of hydrogen-bond donors (Lipinski definition) is 1. The van der Waals surface area contributed by atoms with Crippen LogP contribution >= 0.6 is 15.9 Å². The minimum Gasteiger partial charge on any atom is -0.478 e. The third-order valence-electron chi connectivity index (χ3n) is 2.52. The predicted molar refractivity (Wildman–Crippen MR) is 70.1 cm³/mol. The number of halogens is 1. The lowest BCUT2D eigenvalue weighted by Gasteiger charge is -2.11. The fraction of sp³-hybridized carbons (Fsp3) is 0.250. The summed E-state index contributed by atoms with van der Waals surface area (Å²) >= 11 is 3.34. The van der Waals surface area contributed by atoms with Gasteiger partial charge >= 0.3 is 5.97 Å². The molecule has 0 atom stereocenters. The van der Waals surface area contributed by atoms with E-state index in [-0.39, 0.29) is 11.5 Å². The van der Waals surface area contributed by atoms with Crippen LogP contribution in [0.25, 0.3) is 5.69 Å². The first-order valence-electron chi connectivity index (χ1n) is 5.43. The summed E-state index contributed by atoms with van der Waals surface area (Å²) in [5, 5.41) is 13.3. The van der Waals surface area contributed by atoms with Crippen LogP contribution in [0, 0.1) is 0 Å². The van der Waals surface area contributed by atoms with Gasteiger partial charge in [-0.1, -0.05) is 13.8 Å². The quantitative estimate of drug-likeness (QED) is 0.946. The smallest absolute Gasteiger partial charge is 0.339 e. The fourth-order valence-corrected chi connectivity index (χ4v) is 2.15. The minimum absolute atomic E-state index is 0.0533. The predicted octanol–water partition coefficient (Wildman–Crippen LogP) is 2.85. The van der Waals surface area contributed by atoms with Gasteiger partial charge in [0.2, 0.25) is 0 Å². The maximum absolute atomic E-state index is 11.2. The van der Waals surface area contributed by atoms with Crippen LogP contribution in [-0.2, 0) is 0 Å². The summed E-state index contributed by atoms with van der Waals surface area (Å²) < 4.78 is 2.44. The van der Waals surface area contributed by atoms with Gasteiger partial charge in [-0.05, 0) is 27.9 Å². The second-order valence-corrected chi connectivity index (χ2v) is 5.09. The molecule has 0 aliphatic heterocycles. The van der Waals surface area contributed by atoms with Gasteiger partial charge in [0, 0.05) is 10.7 Å². The molecule has 18 heavy (non-hydrogen) atoms. The number of nitrogens with zero attached hydrogens (tertiary/aromatic N) is 3. The highest BCUT2D eigenvalue weighted by Gasteiger charge is 2.20. The molecule has 2 aromatic rings. The highest BCUT2D eigenvalue weighted by molar-refractivity contribution is 9.10. The second-order valence-electron chi connectivity index (χ2n) is 4.18. The van der Waals surface area contributed by atoms with Gasteiger partial charge in [-0.25, -0.2) is 9.48 Å². The Morgan fingerprint density at radius 3 is 2.67 bits per heavy atom. The first-order chi connectivity index (χ1) is 8.50. The van der Waals surface area contributed by atoms with E-state index in [0.717, 1.165) is 10.2 Å². The Bertz CT molecular complexity index is 593. The summed E-state index contributed by atoms with van der Waals surface area (Å²) in [6, 6.07) is 1.84. The van der Waals surface area contributed by atoms with Gasteiger partial charge in [-0.2, -0.15) is 5.10 Å². The summed E-state index contributed by atoms with van der Waals surface area (Å²) in [7, 11) is 0. The van der Waals surface area contributed by atoms with Crippen molar-refractivity contribution >= 4 is 21.9 Å². The van der Waals surface area contributed by atoms with Crippen LogP contribution in [-0.4, -0.2) is 25.8 Å². The van der Waals surface area contributed by atoms with Gasteiger partial charge in [-0.3, -0.25) is 4.98 Å². The number of carboxylic acid groups (broad SMARTS) is 1. The number of carboxylic acids is 1. The molecule has 2 rings (SSSR count). The Hall–Kier alpha value is -1.69. The van der Waals surface area contributed by atoms with E-state index in [9.17, 15) is 4.79 Å². The topological polar surface area (TPSA) is 68.0 Å². The van der Waals surface area contributed by atoms with Crippen LogP contribution in [0.1, 0.15) is 35.8 Å². The van der Waals surface area contributed by atoms with E-state index < -0.39 is 5.97 Å². The Morgan fingerprint density at radius 1 is 1.39 bits per heavy atom. The van der Waals surface area contributed by atoms with Crippen molar-refractivity contribution in [1.29, 1.82) is 0 Å². The second kappa shape index (κ2) is 4.89. The number of aromatic nitrogens is 3. The van der Waals surface area contributed by atoms with E-state index in [1.54, 1.807) is 17.1 Å². The summed E-state index contributed by atoms with van der Waals surface area (Å²) in [6.07, 6.45) is 4.69. The molecule has 0 amide bonds. The summed E-state index contributed by atoms with van der Waals surface area (Å²) in [5.41, 5.74) is 1.63. The van der Waals surface area contributed by atoms with E-state index in [4.69, 9.17) is 5.11 Å². The number of rotatable bonds is 3. The molecule has 94 valence electrons. The number of pyridine rings is 1. The largest absolute Gasteiger partial charge is 0.478 e. The van der Waals surface area contributed by atoms with Crippen molar-refractivity contribution in [3.8, 4) is 5.69 Å². The molecule has 1 N–H and O–H groups in total. The first kappa shape index (κ1) is 12.8. The molecule has 5 nitrogen and oxygen atoms in total. The average molecular weight is 310 g/mol. The lowest BCUT2D eigenvalue weighted by atomic mass is 10.1. The Labute approximate surface area is 113 Å². The molecule has 0 aliphatic rings. The highest BCUT2D eigenvalue weighted by Crippen LogP contribution is 2.23. The average Bonchev–Trinajstić information content (AvgIpc) is 2.73. The van der Waals surface area contributed by atoms with Gasteiger partial charge in [0.05, 0.1) is 23.8 Å². The molecule has 0 spiro atoms. The number of hydrogen-bond acceptors (Lipinski definition) is 3. The molecule has 0 radical (unpaired) electrons. The minimum atomic E-state index is -0.965. The highest BCUT2D eigenvalue weighted by atomic mass is 79.9. The molecule has 2 heterocycles. The standard InChI is InChI=1S/C12H12BrN3O2/c1-7(2)11-10(12(17)18)6-15-16(11)9-3-8(13)4-14-5-9/h3-7H,1-2H3,(H,17,18). The summed E-state index contributed by atoms with van der Waals surface area (Å²) in [4.78, 5) is 15.2. The van der Waals surface area contributed by atoms with Crippen LogP contribution in [0.5, 0.6) is 0 Å². The Morgan fingerprint density at radius 2 is 2.11 bits per heavy atom. The zero-order valence-corrected chi connectivity index (χ0v) is 11.5. The van der Waals surface area contributed by atoms with Crippen molar-refractivity contribution < 1.29 is 9.90 Å². The third kappa shape index (κ3) is 2.28. The molecule has 2 aromatic heterocycles. The summed E-state index contributed by atoms with van der Waals surface area (Å²) in [5.74, 6) is -0.912. The zero-order chi connectivity index (χ0) is 13.3. The van der Waals surface area contributed by atoms with Gasteiger partial charge < -0.3 is 5.11 Å². The van der Waals surface area contributed by atoms with Crippen molar-refractivity contribution in [2.24, 2.45) is 0 Å². The third-order valence-corrected chi connectivity index (χ3v) is 2.95. The SMILES string of the molecule is CC(C)c1c(C(=O)O)cnn1-c1cncc(Br)c1. The van der Waals surface area contributed by atoms with E-state index in [0.29, 0.717) is 5.69 Å². The van der Waals surface area contributed by atoms with Gasteiger partial charge in [0.1, 0.15) is 5.56 Å². The number of aromatic carboxylic acids is 1. The Balaban J connectivity index is 2.61. The molecule has 0 aliphatic carbocycles. The van der Waals surface area contributed by atoms with Crippen LogP contribution in [0.3, 0.4) is 0 Å². The molecule has 0 unspecified atom stereocenters. The van der Waals surface area contributed by atoms with Crippen molar-refractivity contribution in [2.45, 2.75) is 19.8 Å². The van der Waals surface area contributed by atoms with E-state index >= 15 is 0 Å². The molecule has 6 heteroatoms. The van der Waals surface area contributed by atoms with Crippen LogP contribution in [0.2, 0.25) is 0 Å². The van der Waals surface area contributed by atoms with Crippen LogP contribution in [0.4, 0.5) is 0 Å². The van der Waals surface area contributed by atoms with Crippen molar-refractivity contribution in [2.75, 3.05) is 0 Å². The summed E-state index contributed by atoms with van der Waals surface area (Å²) in [6.45, 7) is 3.87. The molecule has 0 aromatic carbocycles. The molecule has 0 saturated heterocycles. The zero-order valence-electron chi connectivity index (χ0n) is 9.96. The normalized spacial score (nSPS) is 10.9. The fourth-order valence-electron chi connectivity index (χ4n) is 1.80. The molecular weight excluding hydrogens is 298 g/mol. The van der Waals surface area contributed by atoms with E-state index in [1.165, 1.54) is 6.20 Å². The van der Waals surface area contributed by atoms with Crippen molar-refractivity contribution in [3.05, 3.63) is 40.4 Å². The molecule has 0 saturated carbocycles. The van der Waals surface area contributed by atoms with Gasteiger partial charge in [0.15, 0.2) is 0 Å². The molecule has 0 fully saturated rings. The maximum atomic E-state index is 11.2. The van der Waals surface area contributed by atoms with E-state index in [1.807, 2.05) is 19.9 Å². The maximum Gasteiger partial charge on any atom is 0.339 e. The van der Waals surface area contributed by atoms with Crippen molar-refractivity contribution in [1.82, 2.24) is 14.8 Å². The number of carbonyl (C=O) groups is 1. The lowest BCUT2D eigenvalue weighted by Crippen LogP contribution is -2.08. The van der Waals surface area contributed by atoms with Crippen LogP contribution in [0.15, 0.2) is 29.1 Å². The monoisotopic (exact) mass is 309 g/mol. The lowest BCUT2D eigenvalue weighted by molar-refractivity contribution is 0.0695. The van der Waals surface area contributed by atoms with Crippen LogP contribution < -0.4 is 0 Å².